The van der Waals surface area contributed by atoms with Crippen LogP contribution >= 0.6 is 11.3 Å². The Morgan fingerprint density at radius 1 is 0.368 bits per heavy atom. The predicted molar refractivity (Wildman–Crippen MR) is 238 cm³/mol. The van der Waals surface area contributed by atoms with Crippen LogP contribution in [0.25, 0.3) is 131 Å². The van der Waals surface area contributed by atoms with Crippen LogP contribution in [0.5, 0.6) is 0 Å². The lowest BCUT2D eigenvalue weighted by Crippen LogP contribution is -2.00. The summed E-state index contributed by atoms with van der Waals surface area (Å²) >= 11 is 1.79. The van der Waals surface area contributed by atoms with Crippen molar-refractivity contribution in [2.75, 3.05) is 0 Å². The molecule has 0 aliphatic carbocycles. The first kappa shape index (κ1) is 29.9. The average molecular weight is 742 g/mol. The quantitative estimate of drug-likeness (QED) is 0.180. The molecule has 6 heteroatoms. The van der Waals surface area contributed by atoms with Crippen molar-refractivity contribution in [3.63, 3.8) is 0 Å². The number of rotatable bonds is 4. The fourth-order valence-electron chi connectivity index (χ4n) is 9.88. The van der Waals surface area contributed by atoms with Crippen molar-refractivity contribution < 1.29 is 0 Å². The second-order valence-electron chi connectivity index (χ2n) is 15.1. The fraction of sp³-hybridized carbons (Fsp3) is 0. The number of hydrogen-bond donors (Lipinski definition) is 0. The van der Waals surface area contributed by atoms with Crippen LogP contribution in [0.1, 0.15) is 0 Å². The van der Waals surface area contributed by atoms with Gasteiger partial charge in [0.15, 0.2) is 17.5 Å². The molecule has 8 aromatic carbocycles. The molecule has 14 aromatic rings. The van der Waals surface area contributed by atoms with Crippen LogP contribution in [0.15, 0.2) is 164 Å². The molecule has 262 valence electrons. The van der Waals surface area contributed by atoms with Crippen LogP contribution in [0.4, 0.5) is 0 Å². The maximum Gasteiger partial charge on any atom is 0.165 e. The molecular weight excluding hydrogens is 715 g/mol. The largest absolute Gasteiger partial charge is 0.309 e. The first-order valence-corrected chi connectivity index (χ1v) is 20.1. The van der Waals surface area contributed by atoms with E-state index in [1.54, 1.807) is 11.3 Å². The zero-order valence-electron chi connectivity index (χ0n) is 30.2. The predicted octanol–water partition coefficient (Wildman–Crippen LogP) is 13.5. The molecule has 0 bridgehead atoms. The monoisotopic (exact) mass is 741 g/mol. The van der Waals surface area contributed by atoms with Gasteiger partial charge in [-0.05, 0) is 53.9 Å². The van der Waals surface area contributed by atoms with Crippen molar-refractivity contribution in [1.29, 1.82) is 0 Å². The van der Waals surface area contributed by atoms with Crippen molar-refractivity contribution in [2.45, 2.75) is 0 Å². The summed E-state index contributed by atoms with van der Waals surface area (Å²) in [5.41, 5.74) is 10.3. The van der Waals surface area contributed by atoms with Gasteiger partial charge < -0.3 is 8.97 Å². The Hall–Kier alpha value is -7.41. The molecular formula is C51H27N5S. The summed E-state index contributed by atoms with van der Waals surface area (Å²) in [6.45, 7) is 0. The lowest BCUT2D eigenvalue weighted by molar-refractivity contribution is 1.08. The van der Waals surface area contributed by atoms with Gasteiger partial charge in [0.2, 0.25) is 0 Å². The first-order chi connectivity index (χ1) is 28.3. The first-order valence-electron chi connectivity index (χ1n) is 19.3. The topological polar surface area (TPSA) is 48.0 Å². The molecule has 6 heterocycles. The van der Waals surface area contributed by atoms with E-state index in [2.05, 4.69) is 155 Å². The van der Waals surface area contributed by atoms with Gasteiger partial charge in [-0.25, -0.2) is 15.0 Å². The van der Waals surface area contributed by atoms with Crippen LogP contribution in [-0.4, -0.2) is 23.9 Å². The van der Waals surface area contributed by atoms with Gasteiger partial charge in [-0.15, -0.1) is 11.3 Å². The fourth-order valence-corrected chi connectivity index (χ4v) is 11.1. The van der Waals surface area contributed by atoms with E-state index >= 15 is 0 Å². The summed E-state index contributed by atoms with van der Waals surface area (Å²) in [7, 11) is 0. The van der Waals surface area contributed by atoms with Gasteiger partial charge in [0.1, 0.15) is 0 Å². The van der Waals surface area contributed by atoms with Gasteiger partial charge in [0.05, 0.1) is 27.6 Å². The highest BCUT2D eigenvalue weighted by Gasteiger charge is 2.26. The third-order valence-electron chi connectivity index (χ3n) is 12.2. The minimum atomic E-state index is 0.648. The van der Waals surface area contributed by atoms with E-state index < -0.39 is 0 Å². The molecule has 57 heavy (non-hydrogen) atoms. The Balaban J connectivity index is 0.991. The average Bonchev–Trinajstić information content (AvgIpc) is 4.00. The van der Waals surface area contributed by atoms with Crippen LogP contribution in [0, 0.1) is 0 Å². The summed E-state index contributed by atoms with van der Waals surface area (Å²) in [6, 6.07) is 59.0. The summed E-state index contributed by atoms with van der Waals surface area (Å²) < 4.78 is 7.43. The number of nitrogens with zero attached hydrogens (tertiary/aromatic N) is 5. The molecule has 0 saturated carbocycles. The number of para-hydroxylation sites is 2. The molecule has 0 spiro atoms. The smallest absolute Gasteiger partial charge is 0.165 e. The summed E-state index contributed by atoms with van der Waals surface area (Å²) in [5.74, 6) is 1.98. The minimum Gasteiger partial charge on any atom is -0.309 e. The maximum absolute atomic E-state index is 5.20. The Kier molecular flexibility index (Phi) is 5.59. The lowest BCUT2D eigenvalue weighted by atomic mass is 10.0. The third-order valence-corrected chi connectivity index (χ3v) is 13.5. The number of thiophene rings is 1. The second-order valence-corrected chi connectivity index (χ2v) is 16.2. The molecule has 0 atom stereocenters. The van der Waals surface area contributed by atoms with Crippen molar-refractivity contribution in [1.82, 2.24) is 23.9 Å². The van der Waals surface area contributed by atoms with E-state index in [9.17, 15) is 0 Å². The van der Waals surface area contributed by atoms with Gasteiger partial charge in [0, 0.05) is 80.3 Å². The van der Waals surface area contributed by atoms with Gasteiger partial charge in [-0.2, -0.15) is 0 Å². The van der Waals surface area contributed by atoms with E-state index in [1.165, 1.54) is 90.8 Å². The van der Waals surface area contributed by atoms with Gasteiger partial charge in [-0.3, -0.25) is 0 Å². The van der Waals surface area contributed by atoms with Crippen LogP contribution in [0.3, 0.4) is 0 Å². The second kappa shape index (κ2) is 10.7. The van der Waals surface area contributed by atoms with E-state index in [0.717, 1.165) is 22.4 Å². The van der Waals surface area contributed by atoms with E-state index in [0.29, 0.717) is 17.5 Å². The van der Waals surface area contributed by atoms with Crippen molar-refractivity contribution in [3.8, 4) is 39.9 Å². The molecule has 0 amide bonds. The highest BCUT2D eigenvalue weighted by molar-refractivity contribution is 7.26. The zero-order chi connectivity index (χ0) is 36.9. The highest BCUT2D eigenvalue weighted by atomic mass is 32.1. The summed E-state index contributed by atoms with van der Waals surface area (Å²) in [5, 5.41) is 12.9. The number of fused-ring (bicyclic) bond motifs is 6. The Bertz CT molecular complexity index is 3910. The maximum atomic E-state index is 5.20. The number of hydrogen-bond acceptors (Lipinski definition) is 4. The molecule has 0 radical (unpaired) electrons. The van der Waals surface area contributed by atoms with Gasteiger partial charge >= 0.3 is 0 Å². The standard InChI is InChI=1S/C51H27N5S/c1-2-10-28(11-3-1)49-52-50(54-51(53-49)39-19-8-18-38-31-12-4-5-21-42(31)57-48(38)39)29-22-24-30(25-23-29)55-40-20-9-13-32-33-14-6-15-34-35-16-7-17-36-37-26-27-41(55)44(43(32)40)47(37)56(45(33)34)46(35)36/h1-27H. The molecule has 0 aliphatic heterocycles. The Morgan fingerprint density at radius 2 is 0.930 bits per heavy atom. The van der Waals surface area contributed by atoms with E-state index in [-0.39, 0.29) is 0 Å². The molecule has 5 nitrogen and oxygen atoms in total. The van der Waals surface area contributed by atoms with E-state index in [4.69, 9.17) is 15.0 Å². The SMILES string of the molecule is c1ccc(-c2nc(-c3ccc(-n4c5cccc6c7cccc8c9cccc%10c%11ccc4c(c65)c%11n(c78)c9%10)cc3)nc(-c3cccc4c3sc3ccccc34)n2)cc1. The normalized spacial score (nSPS) is 12.6. The highest BCUT2D eigenvalue weighted by Crippen LogP contribution is 2.49. The molecule has 14 rings (SSSR count). The number of benzene rings is 8. The van der Waals surface area contributed by atoms with Crippen molar-refractivity contribution in [2.24, 2.45) is 0 Å². The van der Waals surface area contributed by atoms with Crippen LogP contribution in [-0.2, 0) is 0 Å². The summed E-state index contributed by atoms with van der Waals surface area (Å²) in [6.07, 6.45) is 0. The third kappa shape index (κ3) is 3.80. The van der Waals surface area contributed by atoms with Crippen molar-refractivity contribution >= 4 is 102 Å². The Morgan fingerprint density at radius 3 is 1.70 bits per heavy atom. The van der Waals surface area contributed by atoms with Gasteiger partial charge in [-0.1, -0.05) is 115 Å². The molecule has 0 unspecified atom stereocenters. The summed E-state index contributed by atoms with van der Waals surface area (Å²) in [4.78, 5) is 15.4. The van der Waals surface area contributed by atoms with Crippen LogP contribution in [0.2, 0.25) is 0 Å². The van der Waals surface area contributed by atoms with E-state index in [1.807, 2.05) is 18.2 Å². The zero-order valence-corrected chi connectivity index (χ0v) is 31.0. The van der Waals surface area contributed by atoms with Gasteiger partial charge in [0.25, 0.3) is 0 Å². The van der Waals surface area contributed by atoms with Crippen LogP contribution < -0.4 is 0 Å². The lowest BCUT2D eigenvalue weighted by Gasteiger charge is -2.11. The molecule has 0 fully saturated rings. The minimum absolute atomic E-state index is 0.648. The van der Waals surface area contributed by atoms with Crippen molar-refractivity contribution in [3.05, 3.63) is 164 Å². The Labute approximate surface area is 328 Å². The molecule has 0 saturated heterocycles. The molecule has 0 N–H and O–H groups in total. The number of aromatic nitrogens is 5. The molecule has 6 aromatic heterocycles. The molecule has 0 aliphatic rings.